The number of benzene rings is 9. The molecule has 0 saturated carbocycles. The van der Waals surface area contributed by atoms with E-state index in [9.17, 15) is 0 Å². The van der Waals surface area contributed by atoms with Crippen LogP contribution in [0.4, 0.5) is 17.1 Å². The molecule has 1 nitrogen and oxygen atoms in total. The Hall–Kier alpha value is -6.70. The van der Waals surface area contributed by atoms with E-state index in [1.165, 1.54) is 71.6 Å². The second kappa shape index (κ2) is 12.5. The molecule has 1 aliphatic rings. The Morgan fingerprint density at radius 3 is 1.77 bits per heavy atom. The van der Waals surface area contributed by atoms with Crippen molar-refractivity contribution in [1.29, 1.82) is 0 Å². The zero-order chi connectivity index (χ0) is 35.4. The molecule has 0 N–H and O–H groups in total. The van der Waals surface area contributed by atoms with E-state index in [1.54, 1.807) is 0 Å². The van der Waals surface area contributed by atoms with Crippen LogP contribution in [0.1, 0.15) is 23.6 Å². The standard InChI is InChI=1S/C52H37N/c1-52(40-21-10-4-11-22-40)48-27-15-14-25-43(48)47-34-39-29-31-44-42(45(39)35-49(47)52)26-16-28-50(44)53(41-23-12-5-13-24-41)51-32-30-38(36-17-6-2-7-18-36)33-46(51)37-19-8-3-9-20-37/h2-35H,1H3. The first-order chi connectivity index (χ1) is 26.2. The van der Waals surface area contributed by atoms with Gasteiger partial charge in [0, 0.05) is 22.1 Å². The van der Waals surface area contributed by atoms with Crippen molar-refractivity contribution in [1.82, 2.24) is 0 Å². The molecule has 0 bridgehead atoms. The van der Waals surface area contributed by atoms with Gasteiger partial charge in [0.2, 0.25) is 0 Å². The molecule has 0 spiro atoms. The van der Waals surface area contributed by atoms with Crippen molar-refractivity contribution in [2.45, 2.75) is 12.3 Å². The number of fused-ring (bicyclic) bond motifs is 6. The molecule has 9 aromatic carbocycles. The lowest BCUT2D eigenvalue weighted by molar-refractivity contribution is 0.715. The molecule has 0 fully saturated rings. The molecule has 0 aliphatic heterocycles. The third kappa shape index (κ3) is 5.00. The highest BCUT2D eigenvalue weighted by Gasteiger charge is 2.40. The fourth-order valence-corrected chi connectivity index (χ4v) is 8.71. The van der Waals surface area contributed by atoms with Crippen molar-refractivity contribution >= 4 is 38.6 Å². The monoisotopic (exact) mass is 675 g/mol. The Morgan fingerprint density at radius 2 is 1.02 bits per heavy atom. The van der Waals surface area contributed by atoms with E-state index in [1.807, 2.05) is 0 Å². The zero-order valence-electron chi connectivity index (χ0n) is 29.6. The fraction of sp³-hybridized carbons (Fsp3) is 0.0385. The molecule has 10 rings (SSSR count). The molecule has 0 saturated heterocycles. The number of hydrogen-bond acceptors (Lipinski definition) is 1. The summed E-state index contributed by atoms with van der Waals surface area (Å²) < 4.78 is 0. The van der Waals surface area contributed by atoms with Gasteiger partial charge in [-0.25, -0.2) is 0 Å². The van der Waals surface area contributed by atoms with Gasteiger partial charge < -0.3 is 4.90 Å². The molecular formula is C52H37N. The highest BCUT2D eigenvalue weighted by atomic mass is 15.1. The van der Waals surface area contributed by atoms with Crippen LogP contribution in [0.25, 0.3) is 54.9 Å². The van der Waals surface area contributed by atoms with Crippen LogP contribution in [-0.2, 0) is 5.41 Å². The van der Waals surface area contributed by atoms with Crippen molar-refractivity contribution in [3.05, 3.63) is 223 Å². The summed E-state index contributed by atoms with van der Waals surface area (Å²) >= 11 is 0. The lowest BCUT2D eigenvalue weighted by Gasteiger charge is -2.30. The summed E-state index contributed by atoms with van der Waals surface area (Å²) in [6.45, 7) is 2.40. The lowest BCUT2D eigenvalue weighted by Crippen LogP contribution is -2.22. The maximum atomic E-state index is 2.49. The molecule has 53 heavy (non-hydrogen) atoms. The number of nitrogens with zero attached hydrogens (tertiary/aromatic N) is 1. The SMILES string of the molecule is CC1(c2ccccc2)c2ccccc2-c2cc3ccc4c(N(c5ccccc5)c5ccc(-c6ccccc6)cc5-c5ccccc5)cccc4c3cc21. The van der Waals surface area contributed by atoms with Crippen molar-refractivity contribution in [3.63, 3.8) is 0 Å². The van der Waals surface area contributed by atoms with Gasteiger partial charge in [-0.15, -0.1) is 0 Å². The van der Waals surface area contributed by atoms with Crippen LogP contribution in [-0.4, -0.2) is 0 Å². The molecule has 0 radical (unpaired) electrons. The summed E-state index contributed by atoms with van der Waals surface area (Å²) in [4.78, 5) is 2.45. The Labute approximate surface area is 311 Å². The molecule has 1 aliphatic carbocycles. The van der Waals surface area contributed by atoms with Gasteiger partial charge in [-0.1, -0.05) is 164 Å². The van der Waals surface area contributed by atoms with Crippen LogP contribution in [0.15, 0.2) is 206 Å². The van der Waals surface area contributed by atoms with Gasteiger partial charge in [-0.3, -0.25) is 0 Å². The quantitative estimate of drug-likeness (QED) is 0.159. The number of anilines is 3. The highest BCUT2D eigenvalue weighted by Crippen LogP contribution is 2.54. The van der Waals surface area contributed by atoms with E-state index in [4.69, 9.17) is 0 Å². The van der Waals surface area contributed by atoms with Gasteiger partial charge in [-0.05, 0) is 110 Å². The van der Waals surface area contributed by atoms with Gasteiger partial charge in [0.1, 0.15) is 0 Å². The summed E-state index contributed by atoms with van der Waals surface area (Å²) in [7, 11) is 0. The van der Waals surface area contributed by atoms with E-state index in [0.717, 1.165) is 17.1 Å². The van der Waals surface area contributed by atoms with Crippen molar-refractivity contribution < 1.29 is 0 Å². The average Bonchev–Trinajstić information content (AvgIpc) is 3.49. The van der Waals surface area contributed by atoms with E-state index >= 15 is 0 Å². The van der Waals surface area contributed by atoms with E-state index in [-0.39, 0.29) is 5.41 Å². The van der Waals surface area contributed by atoms with Crippen molar-refractivity contribution in [2.75, 3.05) is 4.90 Å². The largest absolute Gasteiger partial charge is 0.309 e. The molecule has 0 heterocycles. The van der Waals surface area contributed by atoms with Crippen LogP contribution in [0, 0.1) is 0 Å². The predicted molar refractivity (Wildman–Crippen MR) is 224 cm³/mol. The summed E-state index contributed by atoms with van der Waals surface area (Å²) in [6.07, 6.45) is 0. The van der Waals surface area contributed by atoms with E-state index in [2.05, 4.69) is 218 Å². The smallest absolute Gasteiger partial charge is 0.0540 e. The average molecular weight is 676 g/mol. The Kier molecular flexibility index (Phi) is 7.33. The summed E-state index contributed by atoms with van der Waals surface area (Å²) in [5, 5.41) is 4.99. The maximum Gasteiger partial charge on any atom is 0.0540 e. The topological polar surface area (TPSA) is 3.24 Å². The van der Waals surface area contributed by atoms with Crippen LogP contribution in [0.3, 0.4) is 0 Å². The van der Waals surface area contributed by atoms with E-state index in [0.29, 0.717) is 0 Å². The van der Waals surface area contributed by atoms with E-state index < -0.39 is 0 Å². The molecule has 0 aromatic heterocycles. The second-order valence-electron chi connectivity index (χ2n) is 14.2. The number of rotatable bonds is 6. The first-order valence-electron chi connectivity index (χ1n) is 18.4. The molecule has 250 valence electrons. The molecule has 1 unspecified atom stereocenters. The van der Waals surface area contributed by atoms with Gasteiger partial charge in [-0.2, -0.15) is 0 Å². The Balaban J connectivity index is 1.22. The summed E-state index contributed by atoms with van der Waals surface area (Å²) in [6, 6.07) is 75.5. The highest BCUT2D eigenvalue weighted by molar-refractivity contribution is 6.14. The van der Waals surface area contributed by atoms with Gasteiger partial charge in [0.15, 0.2) is 0 Å². The lowest BCUT2D eigenvalue weighted by atomic mass is 9.74. The minimum atomic E-state index is -0.262. The first kappa shape index (κ1) is 31.1. The molecular weight excluding hydrogens is 639 g/mol. The zero-order valence-corrected chi connectivity index (χ0v) is 29.6. The van der Waals surface area contributed by atoms with Crippen LogP contribution in [0.5, 0.6) is 0 Å². The van der Waals surface area contributed by atoms with Gasteiger partial charge >= 0.3 is 0 Å². The Morgan fingerprint density at radius 1 is 0.358 bits per heavy atom. The molecule has 0 amide bonds. The minimum absolute atomic E-state index is 0.262. The minimum Gasteiger partial charge on any atom is -0.309 e. The summed E-state index contributed by atoms with van der Waals surface area (Å²) in [5.41, 5.74) is 14.6. The summed E-state index contributed by atoms with van der Waals surface area (Å²) in [5.74, 6) is 0. The predicted octanol–water partition coefficient (Wildman–Crippen LogP) is 14.1. The van der Waals surface area contributed by atoms with Gasteiger partial charge in [0.25, 0.3) is 0 Å². The molecule has 9 aromatic rings. The third-order valence-electron chi connectivity index (χ3n) is 11.3. The van der Waals surface area contributed by atoms with Crippen molar-refractivity contribution in [2.24, 2.45) is 0 Å². The number of para-hydroxylation sites is 1. The molecule has 1 atom stereocenters. The van der Waals surface area contributed by atoms with Gasteiger partial charge in [0.05, 0.1) is 11.4 Å². The Bertz CT molecular complexity index is 2770. The fourth-order valence-electron chi connectivity index (χ4n) is 8.71. The normalized spacial score (nSPS) is 14.6. The third-order valence-corrected chi connectivity index (χ3v) is 11.3. The van der Waals surface area contributed by atoms with Crippen LogP contribution >= 0.6 is 0 Å². The van der Waals surface area contributed by atoms with Crippen LogP contribution in [0.2, 0.25) is 0 Å². The second-order valence-corrected chi connectivity index (χ2v) is 14.2. The van der Waals surface area contributed by atoms with Crippen molar-refractivity contribution in [3.8, 4) is 33.4 Å². The number of hydrogen-bond donors (Lipinski definition) is 0. The van der Waals surface area contributed by atoms with Crippen LogP contribution < -0.4 is 4.90 Å². The molecule has 1 heteroatoms. The maximum absolute atomic E-state index is 2.49. The first-order valence-corrected chi connectivity index (χ1v) is 18.4.